The molecule has 2 heteroatoms. The van der Waals surface area contributed by atoms with Crippen molar-refractivity contribution in [3.63, 3.8) is 0 Å². The summed E-state index contributed by atoms with van der Waals surface area (Å²) < 4.78 is 5.53. The number of unbranched alkanes of at least 4 members (excludes halogenated alkanes) is 9. The van der Waals surface area contributed by atoms with Crippen LogP contribution in [0.3, 0.4) is 0 Å². The standard InChI is InChI=1S/C22H38O2/c1-4-7-10-12-14-16-19-21(18-15-9-6-3)24-22(23)20-17-13-11-8-5-2/h6,9,15,18-19H,4-5,7-8,10-14,16-17,20H2,1-3H3. The van der Waals surface area contributed by atoms with Crippen LogP contribution < -0.4 is 0 Å². The fourth-order valence-corrected chi connectivity index (χ4v) is 2.45. The molecule has 0 rings (SSSR count). The molecule has 0 unspecified atom stereocenters. The van der Waals surface area contributed by atoms with E-state index in [9.17, 15) is 4.79 Å². The van der Waals surface area contributed by atoms with Gasteiger partial charge in [0.05, 0.1) is 0 Å². The van der Waals surface area contributed by atoms with Crippen LogP contribution in [0.25, 0.3) is 0 Å². The van der Waals surface area contributed by atoms with Gasteiger partial charge in [-0.25, -0.2) is 0 Å². The average molecular weight is 335 g/mol. The van der Waals surface area contributed by atoms with Gasteiger partial charge >= 0.3 is 5.97 Å². The van der Waals surface area contributed by atoms with Crippen LogP contribution in [0.4, 0.5) is 0 Å². The lowest BCUT2D eigenvalue weighted by Gasteiger charge is -2.06. The molecule has 0 radical (unpaired) electrons. The first-order valence-corrected chi connectivity index (χ1v) is 9.94. The van der Waals surface area contributed by atoms with Gasteiger partial charge in [0.25, 0.3) is 0 Å². The summed E-state index contributed by atoms with van der Waals surface area (Å²) in [5, 5.41) is 0. The minimum atomic E-state index is -0.103. The smallest absolute Gasteiger partial charge is 0.311 e. The van der Waals surface area contributed by atoms with E-state index in [1.807, 2.05) is 31.2 Å². The zero-order valence-corrected chi connectivity index (χ0v) is 16.2. The number of allylic oxidation sites excluding steroid dienone is 5. The molecule has 0 amide bonds. The highest BCUT2D eigenvalue weighted by Gasteiger charge is 2.05. The third kappa shape index (κ3) is 15.6. The van der Waals surface area contributed by atoms with E-state index in [-0.39, 0.29) is 5.97 Å². The molecule has 0 atom stereocenters. The van der Waals surface area contributed by atoms with Gasteiger partial charge in [0.2, 0.25) is 0 Å². The van der Waals surface area contributed by atoms with Crippen molar-refractivity contribution < 1.29 is 9.53 Å². The van der Waals surface area contributed by atoms with Crippen LogP contribution in [-0.4, -0.2) is 5.97 Å². The highest BCUT2D eigenvalue weighted by Crippen LogP contribution is 2.11. The summed E-state index contributed by atoms with van der Waals surface area (Å²) in [5.41, 5.74) is 0. The molecule has 0 heterocycles. The molecular weight excluding hydrogens is 296 g/mol. The van der Waals surface area contributed by atoms with Crippen molar-refractivity contribution in [2.75, 3.05) is 0 Å². The van der Waals surface area contributed by atoms with Crippen molar-refractivity contribution in [1.82, 2.24) is 0 Å². The fraction of sp³-hybridized carbons (Fsp3) is 0.682. The van der Waals surface area contributed by atoms with Gasteiger partial charge in [-0.15, -0.1) is 0 Å². The molecular formula is C22H38O2. The molecule has 0 saturated carbocycles. The summed E-state index contributed by atoms with van der Waals surface area (Å²) in [6.45, 7) is 6.40. The molecule has 138 valence electrons. The van der Waals surface area contributed by atoms with Gasteiger partial charge in [-0.3, -0.25) is 4.79 Å². The maximum atomic E-state index is 12.0. The summed E-state index contributed by atoms with van der Waals surface area (Å²) in [6.07, 6.45) is 23.3. The van der Waals surface area contributed by atoms with Crippen LogP contribution in [0.1, 0.15) is 97.8 Å². The lowest BCUT2D eigenvalue weighted by atomic mass is 10.1. The highest BCUT2D eigenvalue weighted by molar-refractivity contribution is 5.70. The minimum absolute atomic E-state index is 0.103. The van der Waals surface area contributed by atoms with Crippen LogP contribution in [-0.2, 0) is 9.53 Å². The largest absolute Gasteiger partial charge is 0.427 e. The topological polar surface area (TPSA) is 26.3 Å². The molecule has 0 aromatic heterocycles. The second-order valence-corrected chi connectivity index (χ2v) is 6.33. The fourth-order valence-electron chi connectivity index (χ4n) is 2.45. The summed E-state index contributed by atoms with van der Waals surface area (Å²) in [6, 6.07) is 0. The lowest BCUT2D eigenvalue weighted by molar-refractivity contribution is -0.139. The van der Waals surface area contributed by atoms with Crippen LogP contribution >= 0.6 is 0 Å². The van der Waals surface area contributed by atoms with Gasteiger partial charge in [0.15, 0.2) is 0 Å². The molecule has 2 nitrogen and oxygen atoms in total. The Labute approximate surface area is 150 Å². The number of hydrogen-bond acceptors (Lipinski definition) is 2. The number of ether oxygens (including phenoxy) is 1. The molecule has 0 spiro atoms. The molecule has 0 fully saturated rings. The number of esters is 1. The molecule has 0 aromatic rings. The second kappa shape index (κ2) is 18.0. The van der Waals surface area contributed by atoms with Gasteiger partial charge in [-0.2, -0.15) is 0 Å². The van der Waals surface area contributed by atoms with E-state index in [4.69, 9.17) is 4.74 Å². The summed E-state index contributed by atoms with van der Waals surface area (Å²) in [5.74, 6) is 0.594. The third-order valence-corrected chi connectivity index (χ3v) is 3.93. The zero-order chi connectivity index (χ0) is 17.9. The average Bonchev–Trinajstić information content (AvgIpc) is 2.57. The van der Waals surface area contributed by atoms with Crippen molar-refractivity contribution in [3.8, 4) is 0 Å². The molecule has 24 heavy (non-hydrogen) atoms. The van der Waals surface area contributed by atoms with E-state index in [2.05, 4.69) is 19.9 Å². The van der Waals surface area contributed by atoms with Crippen molar-refractivity contribution >= 4 is 5.97 Å². The van der Waals surface area contributed by atoms with Gasteiger partial charge in [0.1, 0.15) is 5.76 Å². The summed E-state index contributed by atoms with van der Waals surface area (Å²) in [7, 11) is 0. The Balaban J connectivity index is 4.20. The molecule has 0 N–H and O–H groups in total. The van der Waals surface area contributed by atoms with E-state index in [0.29, 0.717) is 12.2 Å². The van der Waals surface area contributed by atoms with Gasteiger partial charge in [0, 0.05) is 6.42 Å². The minimum Gasteiger partial charge on any atom is -0.427 e. The van der Waals surface area contributed by atoms with Crippen LogP contribution in [0, 0.1) is 0 Å². The Hall–Kier alpha value is -1.31. The van der Waals surface area contributed by atoms with Gasteiger partial charge in [-0.1, -0.05) is 83.4 Å². The first-order chi connectivity index (χ1) is 11.7. The molecule has 0 bridgehead atoms. The Kier molecular flexibility index (Phi) is 17.1. The van der Waals surface area contributed by atoms with Crippen molar-refractivity contribution in [3.05, 3.63) is 36.1 Å². The van der Waals surface area contributed by atoms with E-state index >= 15 is 0 Å². The van der Waals surface area contributed by atoms with E-state index in [1.165, 1.54) is 44.9 Å². The second-order valence-electron chi connectivity index (χ2n) is 6.33. The number of carbonyl (C=O) groups excluding carboxylic acids is 1. The number of rotatable bonds is 15. The Morgan fingerprint density at radius 1 is 0.833 bits per heavy atom. The Morgan fingerprint density at radius 3 is 2.08 bits per heavy atom. The Bertz CT molecular complexity index is 377. The monoisotopic (exact) mass is 334 g/mol. The summed E-state index contributed by atoms with van der Waals surface area (Å²) >= 11 is 0. The number of carbonyl (C=O) groups is 1. The van der Waals surface area contributed by atoms with E-state index in [0.717, 1.165) is 25.7 Å². The molecule has 0 aliphatic heterocycles. The van der Waals surface area contributed by atoms with Crippen LogP contribution in [0.2, 0.25) is 0 Å². The van der Waals surface area contributed by atoms with Gasteiger partial charge < -0.3 is 4.74 Å². The number of hydrogen-bond donors (Lipinski definition) is 0. The first-order valence-electron chi connectivity index (χ1n) is 9.94. The van der Waals surface area contributed by atoms with Crippen molar-refractivity contribution in [2.24, 2.45) is 0 Å². The van der Waals surface area contributed by atoms with E-state index < -0.39 is 0 Å². The lowest BCUT2D eigenvalue weighted by Crippen LogP contribution is -2.03. The predicted molar refractivity (Wildman–Crippen MR) is 105 cm³/mol. The molecule has 0 saturated heterocycles. The van der Waals surface area contributed by atoms with Crippen molar-refractivity contribution in [1.29, 1.82) is 0 Å². The maximum Gasteiger partial charge on any atom is 0.311 e. The maximum absolute atomic E-state index is 12.0. The van der Waals surface area contributed by atoms with Crippen molar-refractivity contribution in [2.45, 2.75) is 97.8 Å². The summed E-state index contributed by atoms with van der Waals surface area (Å²) in [4.78, 5) is 12.0. The molecule has 0 aromatic carbocycles. The van der Waals surface area contributed by atoms with Crippen LogP contribution in [0.15, 0.2) is 36.1 Å². The first kappa shape index (κ1) is 22.7. The zero-order valence-electron chi connectivity index (χ0n) is 16.2. The van der Waals surface area contributed by atoms with Crippen LogP contribution in [0.5, 0.6) is 0 Å². The quantitative estimate of drug-likeness (QED) is 0.136. The van der Waals surface area contributed by atoms with E-state index in [1.54, 1.807) is 0 Å². The van der Waals surface area contributed by atoms with Gasteiger partial charge in [-0.05, 0) is 38.3 Å². The SMILES string of the molecule is CC=CC=CC(=CCCCCCCC)OC(=O)CCCCCCC. The predicted octanol–water partition coefficient (Wildman–Crippen LogP) is 7.27. The molecule has 0 aliphatic carbocycles. The molecule has 0 aliphatic rings. The Morgan fingerprint density at radius 2 is 1.46 bits per heavy atom. The third-order valence-electron chi connectivity index (χ3n) is 3.93. The highest BCUT2D eigenvalue weighted by atomic mass is 16.5. The normalized spacial score (nSPS) is 12.4.